The van der Waals surface area contributed by atoms with Gasteiger partial charge in [0.15, 0.2) is 34.9 Å². The van der Waals surface area contributed by atoms with E-state index in [9.17, 15) is 27.2 Å². The van der Waals surface area contributed by atoms with E-state index in [0.29, 0.717) is 46.7 Å². The summed E-state index contributed by atoms with van der Waals surface area (Å²) in [5.74, 6) is -0.573. The number of amides is 2. The highest BCUT2D eigenvalue weighted by molar-refractivity contribution is 6.28. The Labute approximate surface area is 366 Å². The number of aromatic nitrogens is 8. The molecule has 2 aromatic carbocycles. The Morgan fingerprint density at radius 2 is 1.24 bits per heavy atom. The Kier molecular flexibility index (Phi) is 11.9. The van der Waals surface area contributed by atoms with Crippen LogP contribution in [0.25, 0.3) is 28.7 Å². The van der Waals surface area contributed by atoms with E-state index in [1.807, 2.05) is 6.92 Å². The number of nitrogens with zero attached hydrogens (tertiary/aromatic N) is 11. The highest BCUT2D eigenvalue weighted by Crippen LogP contribution is 2.46. The van der Waals surface area contributed by atoms with Gasteiger partial charge in [0.25, 0.3) is 11.8 Å². The third kappa shape index (κ3) is 7.63. The van der Waals surface area contributed by atoms with Gasteiger partial charge in [0.1, 0.15) is 34.1 Å². The number of carbonyl (C=O) groups is 2. The lowest BCUT2D eigenvalue weighted by molar-refractivity contribution is -0.125. The van der Waals surface area contributed by atoms with Crippen LogP contribution in [0.4, 0.5) is 40.6 Å². The van der Waals surface area contributed by atoms with E-state index in [-0.39, 0.29) is 17.1 Å². The number of aromatic amines is 1. The lowest BCUT2D eigenvalue weighted by atomic mass is 9.81. The number of hydrogen-bond acceptors (Lipinski definition) is 10. The molecule has 6 aromatic rings. The molecule has 63 heavy (non-hydrogen) atoms. The largest absolute Gasteiger partial charge is 0.345 e. The van der Waals surface area contributed by atoms with Gasteiger partial charge in [-0.3, -0.25) is 14.2 Å². The molecule has 328 valence electrons. The predicted octanol–water partition coefficient (Wildman–Crippen LogP) is 8.32. The number of likely N-dealkylation sites (N-methyl/N-ethyl adjacent to an activating group) is 2. The molecule has 0 radical (unpaired) electrons. The van der Waals surface area contributed by atoms with E-state index in [2.05, 4.69) is 46.6 Å². The van der Waals surface area contributed by atoms with Crippen LogP contribution in [0.2, 0.25) is 5.28 Å². The van der Waals surface area contributed by atoms with Crippen LogP contribution in [0.3, 0.4) is 0 Å². The molecule has 19 heteroatoms. The van der Waals surface area contributed by atoms with Crippen molar-refractivity contribution in [3.05, 3.63) is 102 Å². The summed E-state index contributed by atoms with van der Waals surface area (Å²) in [7, 11) is 3.55. The van der Waals surface area contributed by atoms with Crippen LogP contribution in [0.1, 0.15) is 65.2 Å². The van der Waals surface area contributed by atoms with E-state index >= 15 is 0 Å². The Hall–Kier alpha value is -6.43. The number of benzene rings is 2. The second kappa shape index (κ2) is 17.4. The fourth-order valence-corrected chi connectivity index (χ4v) is 9.21. The summed E-state index contributed by atoms with van der Waals surface area (Å²) in [6.45, 7) is 5.71. The third-order valence-corrected chi connectivity index (χ3v) is 12.7. The molecule has 2 unspecified atom stereocenters. The van der Waals surface area contributed by atoms with Crippen molar-refractivity contribution in [3.8, 4) is 28.7 Å². The summed E-state index contributed by atoms with van der Waals surface area (Å²) in [6, 6.07) is 7.29. The number of halogens is 5. The first-order valence-corrected chi connectivity index (χ1v) is 21.2. The topological polar surface area (TPSA) is 145 Å². The van der Waals surface area contributed by atoms with E-state index in [1.165, 1.54) is 12.1 Å². The van der Waals surface area contributed by atoms with Gasteiger partial charge in [-0.15, -0.1) is 0 Å². The summed E-state index contributed by atoms with van der Waals surface area (Å²) in [5, 5.41) is 0.233. The van der Waals surface area contributed by atoms with Gasteiger partial charge in [-0.2, -0.15) is 9.97 Å². The molecular formula is C44H45ClF4N12O2. The minimum Gasteiger partial charge on any atom is -0.345 e. The number of piperidine rings is 2. The van der Waals surface area contributed by atoms with Gasteiger partial charge in [0, 0.05) is 63.1 Å². The number of fused-ring (bicyclic) bond motifs is 6. The highest BCUT2D eigenvalue weighted by atomic mass is 35.5. The highest BCUT2D eigenvalue weighted by Gasteiger charge is 2.52. The summed E-state index contributed by atoms with van der Waals surface area (Å²) in [6.07, 6.45) is 17.0. The van der Waals surface area contributed by atoms with Gasteiger partial charge < -0.3 is 24.6 Å². The third-order valence-electron chi connectivity index (χ3n) is 12.5. The summed E-state index contributed by atoms with van der Waals surface area (Å²) in [4.78, 5) is 62.2. The van der Waals surface area contributed by atoms with Gasteiger partial charge in [-0.05, 0) is 99.4 Å². The monoisotopic (exact) mass is 884 g/mol. The molecule has 2 fully saturated rings. The maximum absolute atomic E-state index is 13.8. The molecule has 8 heterocycles. The quantitative estimate of drug-likeness (QED) is 0.133. The van der Waals surface area contributed by atoms with Crippen LogP contribution >= 0.6 is 11.6 Å². The van der Waals surface area contributed by atoms with Gasteiger partial charge in [0.05, 0.1) is 12.4 Å². The zero-order chi connectivity index (χ0) is 44.6. The number of hydrogen-bond donors (Lipinski definition) is 1. The van der Waals surface area contributed by atoms with Gasteiger partial charge in [0.2, 0.25) is 11.2 Å². The molecule has 1 N–H and O–H groups in total. The molecule has 10 rings (SSSR count). The standard InChI is InChI=1S/C22H22F2N6O.C13H17ClN4O.C9H6F2N2/c1-3-22-8-4-5-10-30(22)19-17(28(2)20(22)31)13-26-21(27-19)29-11-9-25-18(29)14-6-7-15(23)16(24)12-14;1-3-13-6-4-5-7-18(13)10-9(17(2)11(13)19)8-15-12(14)16-10;10-7-2-1-6(5-8(7)11)9-12-3-4-13-9/h6-7,9,11-13H,3-5,8,10H2,1-2H3;8H,3-7H2,1-2H3;1-5H,(H,12,13). The van der Waals surface area contributed by atoms with Gasteiger partial charge in [-0.25, -0.2) is 37.5 Å². The van der Waals surface area contributed by atoms with Crippen LogP contribution in [-0.2, 0) is 9.59 Å². The molecule has 4 aliphatic rings. The molecule has 0 saturated carbocycles. The molecule has 4 aliphatic heterocycles. The molecule has 2 amide bonds. The zero-order valence-corrected chi connectivity index (χ0v) is 35.9. The Bertz CT molecular complexity index is 2670. The molecule has 2 atom stereocenters. The van der Waals surface area contributed by atoms with Crippen LogP contribution in [0.15, 0.2) is 73.6 Å². The minimum absolute atomic E-state index is 0.0728. The number of nitrogens with one attached hydrogen (secondary N) is 1. The van der Waals surface area contributed by atoms with Crippen LogP contribution < -0.4 is 19.6 Å². The van der Waals surface area contributed by atoms with Crippen LogP contribution in [-0.4, -0.2) is 89.5 Å². The number of H-pyrrole nitrogens is 1. The lowest BCUT2D eigenvalue weighted by Crippen LogP contribution is -2.64. The van der Waals surface area contributed by atoms with E-state index < -0.39 is 34.3 Å². The second-order valence-electron chi connectivity index (χ2n) is 15.8. The van der Waals surface area contributed by atoms with Gasteiger partial charge in [-0.1, -0.05) is 13.8 Å². The Morgan fingerprint density at radius 3 is 1.79 bits per heavy atom. The number of anilines is 4. The summed E-state index contributed by atoms with van der Waals surface area (Å²) >= 11 is 5.93. The van der Waals surface area contributed by atoms with Crippen LogP contribution in [0.5, 0.6) is 0 Å². The first-order valence-electron chi connectivity index (χ1n) is 20.8. The molecule has 2 saturated heterocycles. The van der Waals surface area contributed by atoms with Crippen molar-refractivity contribution in [1.29, 1.82) is 0 Å². The number of imidazole rings is 2. The summed E-state index contributed by atoms with van der Waals surface area (Å²) in [5.41, 5.74) is 1.32. The van der Waals surface area contributed by atoms with Crippen molar-refractivity contribution in [1.82, 2.24) is 39.5 Å². The van der Waals surface area contributed by atoms with E-state index in [0.717, 1.165) is 93.8 Å². The molecule has 0 aliphatic carbocycles. The lowest BCUT2D eigenvalue weighted by Gasteiger charge is -2.51. The van der Waals surface area contributed by atoms with Crippen molar-refractivity contribution >= 4 is 46.4 Å². The first-order chi connectivity index (χ1) is 30.3. The number of carbonyl (C=O) groups excluding carboxylic acids is 2. The molecular weight excluding hydrogens is 840 g/mol. The molecule has 0 spiro atoms. The SMILES string of the molecule is CCC12CCCCN1c1nc(-n3ccnc3-c3ccc(F)c(F)c3)ncc1N(C)C2=O.CCC12CCCCN1c1nc(Cl)ncc1N(C)C2=O.Fc1ccc(-c2ncc[nH]2)cc1F. The Balaban J connectivity index is 0.000000144. The van der Waals surface area contributed by atoms with Crippen molar-refractivity contribution < 1.29 is 27.2 Å². The van der Waals surface area contributed by atoms with Gasteiger partial charge >= 0.3 is 0 Å². The zero-order valence-electron chi connectivity index (χ0n) is 35.1. The van der Waals surface area contributed by atoms with Crippen molar-refractivity contribution in [2.24, 2.45) is 0 Å². The van der Waals surface area contributed by atoms with Crippen molar-refractivity contribution in [2.75, 3.05) is 46.8 Å². The predicted molar refractivity (Wildman–Crippen MR) is 231 cm³/mol. The van der Waals surface area contributed by atoms with Crippen molar-refractivity contribution in [3.63, 3.8) is 0 Å². The smallest absolute Gasteiger partial charge is 0.252 e. The first kappa shape index (κ1) is 43.2. The minimum atomic E-state index is -0.945. The number of rotatable bonds is 5. The van der Waals surface area contributed by atoms with Crippen molar-refractivity contribution in [2.45, 2.75) is 76.3 Å². The maximum Gasteiger partial charge on any atom is 0.252 e. The fourth-order valence-electron chi connectivity index (χ4n) is 9.09. The average Bonchev–Trinajstić information content (AvgIpc) is 4.04. The summed E-state index contributed by atoms with van der Waals surface area (Å²) < 4.78 is 54.1. The fraction of sp³-hybridized carbons (Fsp3) is 0.364. The molecule has 0 bridgehead atoms. The molecule has 4 aromatic heterocycles. The molecule has 14 nitrogen and oxygen atoms in total. The van der Waals surface area contributed by atoms with E-state index in [1.54, 1.807) is 65.6 Å². The maximum atomic E-state index is 13.8. The van der Waals surface area contributed by atoms with E-state index in [4.69, 9.17) is 16.6 Å². The second-order valence-corrected chi connectivity index (χ2v) is 16.1. The van der Waals surface area contributed by atoms with Crippen LogP contribution in [0, 0.1) is 23.3 Å². The normalized spacial score (nSPS) is 20.1. The Morgan fingerprint density at radius 1 is 0.683 bits per heavy atom. The average molecular weight is 885 g/mol.